The molecule has 7 nitrogen and oxygen atoms in total. The lowest BCUT2D eigenvalue weighted by Crippen LogP contribution is -2.47. The smallest absolute Gasteiger partial charge is 0.251 e. The summed E-state index contributed by atoms with van der Waals surface area (Å²) in [5.41, 5.74) is 0.715. The molecule has 1 aromatic carbocycles. The summed E-state index contributed by atoms with van der Waals surface area (Å²) < 4.78 is 23.8. The Morgan fingerprint density at radius 3 is 2.70 bits per heavy atom. The van der Waals surface area contributed by atoms with Crippen molar-refractivity contribution < 1.29 is 18.4 Å². The van der Waals surface area contributed by atoms with Gasteiger partial charge in [0.1, 0.15) is 11.9 Å². The molecule has 144 valence electrons. The number of carbonyl (C=O) groups is 1. The molecule has 2 saturated heterocycles. The van der Waals surface area contributed by atoms with Gasteiger partial charge < -0.3 is 19.5 Å². The van der Waals surface area contributed by atoms with Crippen molar-refractivity contribution in [2.24, 2.45) is 0 Å². The number of carbonyl (C=O) groups excluding carboxylic acids is 1. The molecule has 0 radical (unpaired) electrons. The lowest BCUT2D eigenvalue weighted by Gasteiger charge is -2.33. The number of aromatic nitrogens is 2. The number of benzene rings is 1. The van der Waals surface area contributed by atoms with Crippen LogP contribution in [0.15, 0.2) is 28.8 Å². The third-order valence-electron chi connectivity index (χ3n) is 5.12. The third kappa shape index (κ3) is 4.33. The summed E-state index contributed by atoms with van der Waals surface area (Å²) in [4.78, 5) is 18.6. The van der Waals surface area contributed by atoms with E-state index in [1.54, 1.807) is 12.1 Å². The van der Waals surface area contributed by atoms with Gasteiger partial charge in [-0.2, -0.15) is 4.98 Å². The van der Waals surface area contributed by atoms with Crippen molar-refractivity contribution in [2.45, 2.75) is 44.4 Å². The van der Waals surface area contributed by atoms with E-state index < -0.39 is 0 Å². The van der Waals surface area contributed by atoms with Crippen molar-refractivity contribution in [3.63, 3.8) is 0 Å². The van der Waals surface area contributed by atoms with Gasteiger partial charge in [0, 0.05) is 31.3 Å². The Labute approximate surface area is 156 Å². The van der Waals surface area contributed by atoms with E-state index >= 15 is 0 Å². The van der Waals surface area contributed by atoms with Crippen LogP contribution in [0.3, 0.4) is 0 Å². The van der Waals surface area contributed by atoms with Gasteiger partial charge >= 0.3 is 0 Å². The van der Waals surface area contributed by atoms with E-state index in [0.29, 0.717) is 36.5 Å². The maximum absolute atomic E-state index is 13.0. The van der Waals surface area contributed by atoms with Crippen LogP contribution in [0.4, 0.5) is 4.39 Å². The number of likely N-dealkylation sites (tertiary alicyclic amines) is 1. The molecular weight excluding hydrogens is 351 g/mol. The van der Waals surface area contributed by atoms with Crippen LogP contribution >= 0.6 is 0 Å². The van der Waals surface area contributed by atoms with Crippen LogP contribution in [0.1, 0.15) is 31.6 Å². The number of amides is 1. The molecule has 27 heavy (non-hydrogen) atoms. The van der Waals surface area contributed by atoms with Crippen molar-refractivity contribution in [3.05, 3.63) is 36.0 Å². The zero-order valence-electron chi connectivity index (χ0n) is 15.1. The monoisotopic (exact) mass is 374 g/mol. The van der Waals surface area contributed by atoms with E-state index in [2.05, 4.69) is 15.5 Å². The van der Waals surface area contributed by atoms with Gasteiger partial charge in [0.25, 0.3) is 5.91 Å². The Morgan fingerprint density at radius 2 is 2.00 bits per heavy atom. The Kier molecular flexibility index (Phi) is 5.45. The molecule has 0 aliphatic carbocycles. The van der Waals surface area contributed by atoms with Crippen LogP contribution < -0.4 is 5.32 Å². The fourth-order valence-corrected chi connectivity index (χ4v) is 3.55. The summed E-state index contributed by atoms with van der Waals surface area (Å²) in [5.74, 6) is 0.774. The number of rotatable bonds is 5. The summed E-state index contributed by atoms with van der Waals surface area (Å²) in [6.45, 7) is 2.64. The summed E-state index contributed by atoms with van der Waals surface area (Å²) in [7, 11) is 0. The summed E-state index contributed by atoms with van der Waals surface area (Å²) in [6, 6.07) is 6.29. The van der Waals surface area contributed by atoms with Gasteiger partial charge in [-0.25, -0.2) is 4.39 Å². The Hall–Kier alpha value is -2.32. The SMILES string of the molecule is O=C([C@H]1CCCO1)N1CCC(NCc2nc(-c3ccc(F)cc3)no2)CC1. The largest absolute Gasteiger partial charge is 0.368 e. The van der Waals surface area contributed by atoms with E-state index in [-0.39, 0.29) is 17.8 Å². The van der Waals surface area contributed by atoms with Gasteiger partial charge in [-0.3, -0.25) is 4.79 Å². The molecule has 8 heteroatoms. The Morgan fingerprint density at radius 1 is 1.22 bits per heavy atom. The first-order chi connectivity index (χ1) is 13.2. The third-order valence-corrected chi connectivity index (χ3v) is 5.12. The molecule has 3 heterocycles. The van der Waals surface area contributed by atoms with Crippen LogP contribution in [0.25, 0.3) is 11.4 Å². The van der Waals surface area contributed by atoms with Crippen molar-refractivity contribution in [1.29, 1.82) is 0 Å². The number of hydrogen-bond acceptors (Lipinski definition) is 6. The lowest BCUT2D eigenvalue weighted by atomic mass is 10.0. The molecule has 0 spiro atoms. The number of nitrogens with one attached hydrogen (secondary N) is 1. The minimum absolute atomic E-state index is 0.131. The molecule has 0 saturated carbocycles. The van der Waals surface area contributed by atoms with Gasteiger partial charge in [0.15, 0.2) is 0 Å². The number of hydrogen-bond donors (Lipinski definition) is 1. The fourth-order valence-electron chi connectivity index (χ4n) is 3.55. The predicted octanol–water partition coefficient (Wildman–Crippen LogP) is 2.14. The van der Waals surface area contributed by atoms with Crippen LogP contribution in [0.5, 0.6) is 0 Å². The van der Waals surface area contributed by atoms with E-state index in [0.717, 1.165) is 38.8 Å². The van der Waals surface area contributed by atoms with Crippen molar-refractivity contribution in [2.75, 3.05) is 19.7 Å². The highest BCUT2D eigenvalue weighted by Gasteiger charge is 2.30. The lowest BCUT2D eigenvalue weighted by molar-refractivity contribution is -0.142. The van der Waals surface area contributed by atoms with E-state index in [9.17, 15) is 9.18 Å². The molecule has 1 amide bonds. The first kappa shape index (κ1) is 18.1. The van der Waals surface area contributed by atoms with Crippen LogP contribution in [-0.2, 0) is 16.1 Å². The first-order valence-electron chi connectivity index (χ1n) is 9.41. The fraction of sp³-hybridized carbons (Fsp3) is 0.526. The van der Waals surface area contributed by atoms with Gasteiger partial charge in [0.2, 0.25) is 11.7 Å². The molecule has 0 bridgehead atoms. The molecule has 1 N–H and O–H groups in total. The molecule has 2 aromatic rings. The second-order valence-corrected chi connectivity index (χ2v) is 7.00. The predicted molar refractivity (Wildman–Crippen MR) is 95.1 cm³/mol. The molecule has 2 fully saturated rings. The van der Waals surface area contributed by atoms with Crippen molar-refractivity contribution in [3.8, 4) is 11.4 Å². The number of piperidine rings is 1. The topological polar surface area (TPSA) is 80.5 Å². The molecule has 2 aliphatic heterocycles. The average molecular weight is 374 g/mol. The molecular formula is C19H23FN4O3. The van der Waals surface area contributed by atoms with E-state index in [1.807, 2.05) is 4.90 Å². The van der Waals surface area contributed by atoms with Crippen LogP contribution in [0.2, 0.25) is 0 Å². The zero-order valence-corrected chi connectivity index (χ0v) is 15.1. The highest BCUT2D eigenvalue weighted by molar-refractivity contribution is 5.81. The maximum Gasteiger partial charge on any atom is 0.251 e. The van der Waals surface area contributed by atoms with Crippen molar-refractivity contribution >= 4 is 5.91 Å². The number of halogens is 1. The highest BCUT2D eigenvalue weighted by atomic mass is 19.1. The maximum atomic E-state index is 13.0. The van der Waals surface area contributed by atoms with Gasteiger partial charge in [-0.15, -0.1) is 0 Å². The van der Waals surface area contributed by atoms with E-state index in [1.165, 1.54) is 12.1 Å². The molecule has 1 aromatic heterocycles. The second kappa shape index (κ2) is 8.14. The number of nitrogens with zero attached hydrogens (tertiary/aromatic N) is 3. The van der Waals surface area contributed by atoms with Crippen molar-refractivity contribution in [1.82, 2.24) is 20.4 Å². The summed E-state index contributed by atoms with van der Waals surface area (Å²) >= 11 is 0. The quantitative estimate of drug-likeness (QED) is 0.864. The zero-order chi connectivity index (χ0) is 18.6. The molecule has 1 atom stereocenters. The summed E-state index contributed by atoms with van der Waals surface area (Å²) in [5, 5.41) is 7.36. The minimum Gasteiger partial charge on any atom is -0.368 e. The van der Waals surface area contributed by atoms with Gasteiger partial charge in [-0.1, -0.05) is 5.16 Å². The normalized spacial score (nSPS) is 20.9. The highest BCUT2D eigenvalue weighted by Crippen LogP contribution is 2.19. The van der Waals surface area contributed by atoms with E-state index in [4.69, 9.17) is 9.26 Å². The molecule has 4 rings (SSSR count). The van der Waals surface area contributed by atoms with Gasteiger partial charge in [0.05, 0.1) is 6.54 Å². The number of ether oxygens (including phenoxy) is 1. The Bertz CT molecular complexity index is 766. The molecule has 2 aliphatic rings. The van der Waals surface area contributed by atoms with Gasteiger partial charge in [-0.05, 0) is 49.9 Å². The average Bonchev–Trinajstić information content (AvgIpc) is 3.39. The van der Waals surface area contributed by atoms with Crippen LogP contribution in [0, 0.1) is 5.82 Å². The minimum atomic E-state index is -0.298. The Balaban J connectivity index is 1.24. The first-order valence-corrected chi connectivity index (χ1v) is 9.41. The second-order valence-electron chi connectivity index (χ2n) is 7.00. The summed E-state index contributed by atoms with van der Waals surface area (Å²) in [6.07, 6.45) is 3.34. The standard InChI is InChI=1S/C19H23FN4O3/c20-14-5-3-13(4-6-14)18-22-17(27-23-18)12-21-15-7-9-24(10-8-15)19(25)16-2-1-11-26-16/h3-6,15-16,21H,1-2,7-12H2/t16-/m1/s1. The van der Waals surface area contributed by atoms with Crippen LogP contribution in [-0.4, -0.2) is 52.8 Å². The molecule has 0 unspecified atom stereocenters.